The smallest absolute Gasteiger partial charge is 0.319 e. The number of urea groups is 1. The highest BCUT2D eigenvalue weighted by molar-refractivity contribution is 5.95. The molecule has 26 heavy (non-hydrogen) atoms. The van der Waals surface area contributed by atoms with Gasteiger partial charge in [-0.2, -0.15) is 0 Å². The molecular formula is C20H22FN3O2. The number of nitrogens with one attached hydrogen (secondary N) is 3. The Kier molecular flexibility index (Phi) is 5.21. The molecule has 3 N–H and O–H groups in total. The van der Waals surface area contributed by atoms with E-state index in [1.165, 1.54) is 6.07 Å². The molecule has 0 bridgehead atoms. The number of hydrogen-bond acceptors (Lipinski definition) is 2. The van der Waals surface area contributed by atoms with E-state index >= 15 is 0 Å². The highest BCUT2D eigenvalue weighted by Gasteiger charge is 2.45. The van der Waals surface area contributed by atoms with Gasteiger partial charge in [-0.1, -0.05) is 18.2 Å². The van der Waals surface area contributed by atoms with Crippen molar-refractivity contribution >= 4 is 23.3 Å². The zero-order valence-electron chi connectivity index (χ0n) is 14.8. The van der Waals surface area contributed by atoms with Gasteiger partial charge < -0.3 is 16.0 Å². The molecule has 2 aromatic carbocycles. The first-order valence-electron chi connectivity index (χ1n) is 8.67. The summed E-state index contributed by atoms with van der Waals surface area (Å²) >= 11 is 0. The van der Waals surface area contributed by atoms with E-state index in [1.54, 1.807) is 42.5 Å². The number of carbonyl (C=O) groups is 2. The summed E-state index contributed by atoms with van der Waals surface area (Å²) in [5, 5.41) is 8.30. The van der Waals surface area contributed by atoms with Gasteiger partial charge in [0.05, 0.1) is 0 Å². The molecular weight excluding hydrogens is 333 g/mol. The Balaban J connectivity index is 1.54. The van der Waals surface area contributed by atoms with Gasteiger partial charge in [-0.3, -0.25) is 4.79 Å². The third kappa shape index (κ3) is 4.39. The molecule has 1 saturated carbocycles. The predicted octanol–water partition coefficient (Wildman–Crippen LogP) is 4.10. The normalized spacial score (nSPS) is 18.3. The zero-order valence-corrected chi connectivity index (χ0v) is 14.8. The summed E-state index contributed by atoms with van der Waals surface area (Å²) in [4.78, 5) is 24.0. The summed E-state index contributed by atoms with van der Waals surface area (Å²) in [6.07, 6.45) is 0.655. The van der Waals surface area contributed by atoms with Gasteiger partial charge in [0.25, 0.3) is 0 Å². The third-order valence-electron chi connectivity index (χ3n) is 4.26. The van der Waals surface area contributed by atoms with Crippen LogP contribution in [0.1, 0.15) is 31.7 Å². The first-order valence-corrected chi connectivity index (χ1v) is 8.67. The van der Waals surface area contributed by atoms with Crippen LogP contribution in [0.25, 0.3) is 0 Å². The lowest BCUT2D eigenvalue weighted by molar-refractivity contribution is -0.117. The van der Waals surface area contributed by atoms with E-state index in [4.69, 9.17) is 0 Å². The lowest BCUT2D eigenvalue weighted by Crippen LogP contribution is -2.34. The van der Waals surface area contributed by atoms with E-state index in [0.717, 1.165) is 0 Å². The fourth-order valence-corrected chi connectivity index (χ4v) is 2.91. The number of rotatable bonds is 5. The molecule has 136 valence electrons. The Bertz CT molecular complexity index is 805. The SMILES string of the molecule is CC(C)NC(=O)Nc1ccc(NC(=O)C2CC2c2ccccc2F)cc1. The van der Waals surface area contributed by atoms with E-state index in [9.17, 15) is 14.0 Å². The van der Waals surface area contributed by atoms with E-state index in [2.05, 4.69) is 16.0 Å². The molecule has 2 unspecified atom stereocenters. The summed E-state index contributed by atoms with van der Waals surface area (Å²) in [6, 6.07) is 13.2. The fraction of sp³-hybridized carbons (Fsp3) is 0.300. The molecule has 2 aromatic rings. The summed E-state index contributed by atoms with van der Waals surface area (Å²) < 4.78 is 13.8. The first-order chi connectivity index (χ1) is 12.4. The van der Waals surface area contributed by atoms with Crippen molar-refractivity contribution in [2.45, 2.75) is 32.2 Å². The van der Waals surface area contributed by atoms with E-state index < -0.39 is 0 Å². The molecule has 0 spiro atoms. The number of benzene rings is 2. The van der Waals surface area contributed by atoms with Gasteiger partial charge in [0.15, 0.2) is 0 Å². The Morgan fingerprint density at radius 3 is 2.23 bits per heavy atom. The number of hydrogen-bond donors (Lipinski definition) is 3. The van der Waals surface area contributed by atoms with Crippen LogP contribution in [0.2, 0.25) is 0 Å². The predicted molar refractivity (Wildman–Crippen MR) is 99.6 cm³/mol. The van der Waals surface area contributed by atoms with Crippen molar-refractivity contribution < 1.29 is 14.0 Å². The maximum absolute atomic E-state index is 13.8. The monoisotopic (exact) mass is 355 g/mol. The molecule has 0 radical (unpaired) electrons. The Hall–Kier alpha value is -2.89. The lowest BCUT2D eigenvalue weighted by atomic mass is 10.1. The van der Waals surface area contributed by atoms with Gasteiger partial charge in [0.1, 0.15) is 5.82 Å². The Labute approximate surface area is 152 Å². The van der Waals surface area contributed by atoms with Gasteiger partial charge in [-0.15, -0.1) is 0 Å². The molecule has 0 saturated heterocycles. The largest absolute Gasteiger partial charge is 0.336 e. The van der Waals surface area contributed by atoms with Crippen molar-refractivity contribution in [3.8, 4) is 0 Å². The second-order valence-electron chi connectivity index (χ2n) is 6.79. The fourth-order valence-electron chi connectivity index (χ4n) is 2.91. The number of halogens is 1. The van der Waals surface area contributed by atoms with Crippen molar-refractivity contribution in [1.82, 2.24) is 5.32 Å². The summed E-state index contributed by atoms with van der Waals surface area (Å²) in [6.45, 7) is 3.76. The number of anilines is 2. The van der Waals surface area contributed by atoms with Crippen LogP contribution in [0.5, 0.6) is 0 Å². The molecule has 3 amide bonds. The minimum atomic E-state index is -0.275. The van der Waals surface area contributed by atoms with Crippen LogP contribution < -0.4 is 16.0 Å². The summed E-state index contributed by atoms with van der Waals surface area (Å²) in [7, 11) is 0. The molecule has 2 atom stereocenters. The van der Waals surface area contributed by atoms with Crippen molar-refractivity contribution in [2.75, 3.05) is 10.6 Å². The van der Waals surface area contributed by atoms with Crippen molar-refractivity contribution in [3.05, 3.63) is 59.9 Å². The van der Waals surface area contributed by atoms with Gasteiger partial charge in [-0.05, 0) is 62.1 Å². The topological polar surface area (TPSA) is 70.2 Å². The van der Waals surface area contributed by atoms with Crippen molar-refractivity contribution in [2.24, 2.45) is 5.92 Å². The van der Waals surface area contributed by atoms with Crippen LogP contribution in [0, 0.1) is 11.7 Å². The van der Waals surface area contributed by atoms with Gasteiger partial charge in [0.2, 0.25) is 5.91 Å². The molecule has 5 nitrogen and oxygen atoms in total. The lowest BCUT2D eigenvalue weighted by Gasteiger charge is -2.11. The van der Waals surface area contributed by atoms with Crippen molar-refractivity contribution in [1.29, 1.82) is 0 Å². The number of amides is 3. The van der Waals surface area contributed by atoms with Crippen LogP contribution >= 0.6 is 0 Å². The summed E-state index contributed by atoms with van der Waals surface area (Å²) in [5.74, 6) is -0.641. The van der Waals surface area contributed by atoms with Crippen LogP contribution in [-0.2, 0) is 4.79 Å². The van der Waals surface area contributed by atoms with E-state index in [1.807, 2.05) is 13.8 Å². The van der Waals surface area contributed by atoms with Crippen LogP contribution in [0.4, 0.5) is 20.6 Å². The second-order valence-corrected chi connectivity index (χ2v) is 6.79. The van der Waals surface area contributed by atoms with Crippen LogP contribution in [-0.4, -0.2) is 18.0 Å². The van der Waals surface area contributed by atoms with Gasteiger partial charge in [-0.25, -0.2) is 9.18 Å². The van der Waals surface area contributed by atoms with Crippen LogP contribution in [0.15, 0.2) is 48.5 Å². The van der Waals surface area contributed by atoms with Gasteiger partial charge >= 0.3 is 6.03 Å². The highest BCUT2D eigenvalue weighted by Crippen LogP contribution is 2.48. The average Bonchev–Trinajstić information content (AvgIpc) is 3.37. The molecule has 1 aliphatic rings. The zero-order chi connectivity index (χ0) is 18.7. The quantitative estimate of drug-likeness (QED) is 0.756. The minimum absolute atomic E-state index is 0.0505. The van der Waals surface area contributed by atoms with E-state index in [-0.39, 0.29) is 35.6 Å². The average molecular weight is 355 g/mol. The van der Waals surface area contributed by atoms with Crippen LogP contribution in [0.3, 0.4) is 0 Å². The van der Waals surface area contributed by atoms with Crippen molar-refractivity contribution in [3.63, 3.8) is 0 Å². The maximum atomic E-state index is 13.8. The second kappa shape index (κ2) is 7.56. The van der Waals surface area contributed by atoms with E-state index in [0.29, 0.717) is 23.4 Å². The molecule has 1 aliphatic carbocycles. The molecule has 1 fully saturated rings. The standard InChI is InChI=1S/C20H22FN3O2/c1-12(2)22-20(26)24-14-9-7-13(8-10-14)23-19(25)17-11-16(17)15-5-3-4-6-18(15)21/h3-10,12,16-17H,11H2,1-2H3,(H,23,25)(H2,22,24,26). The first kappa shape index (κ1) is 17.9. The number of carbonyl (C=O) groups excluding carboxylic acids is 2. The molecule has 6 heteroatoms. The molecule has 0 aliphatic heterocycles. The third-order valence-corrected chi connectivity index (χ3v) is 4.26. The van der Waals surface area contributed by atoms with Gasteiger partial charge in [0, 0.05) is 23.3 Å². The molecule has 0 heterocycles. The maximum Gasteiger partial charge on any atom is 0.319 e. The summed E-state index contributed by atoms with van der Waals surface area (Å²) in [5.41, 5.74) is 1.88. The Morgan fingerprint density at radius 2 is 1.62 bits per heavy atom. The highest BCUT2D eigenvalue weighted by atomic mass is 19.1. The Morgan fingerprint density at radius 1 is 1.00 bits per heavy atom. The molecule has 0 aromatic heterocycles. The molecule has 3 rings (SSSR count). The minimum Gasteiger partial charge on any atom is -0.336 e.